The first-order valence-corrected chi connectivity index (χ1v) is 11.0. The average molecular weight is 465 g/mol. The van der Waals surface area contributed by atoms with Crippen LogP contribution in [0.2, 0.25) is 5.02 Å². The summed E-state index contributed by atoms with van der Waals surface area (Å²) in [5.41, 5.74) is 4.01. The fourth-order valence-electron chi connectivity index (χ4n) is 3.48. The van der Waals surface area contributed by atoms with Gasteiger partial charge in [-0.25, -0.2) is 9.97 Å². The van der Waals surface area contributed by atoms with Gasteiger partial charge in [0.15, 0.2) is 0 Å². The Hall–Kier alpha value is -3.52. The number of aromatic nitrogens is 6. The van der Waals surface area contributed by atoms with Crippen molar-refractivity contribution in [3.63, 3.8) is 0 Å². The quantitative estimate of drug-likeness (QED) is 0.420. The van der Waals surface area contributed by atoms with Crippen molar-refractivity contribution in [2.45, 2.75) is 40.2 Å². The molecule has 9 heteroatoms. The Morgan fingerprint density at radius 2 is 1.94 bits per heavy atom. The maximum absolute atomic E-state index is 13.2. The molecule has 0 amide bonds. The molecule has 0 N–H and O–H groups in total. The lowest BCUT2D eigenvalue weighted by Crippen LogP contribution is -2.22. The molecule has 0 aliphatic carbocycles. The molecule has 0 radical (unpaired) electrons. The van der Waals surface area contributed by atoms with Crippen LogP contribution in [0.5, 0.6) is 5.75 Å². The lowest BCUT2D eigenvalue weighted by Gasteiger charge is -2.15. The molecule has 0 saturated carbocycles. The lowest BCUT2D eigenvalue weighted by molar-refractivity contribution is 0.299. The number of rotatable bonds is 6. The second-order valence-electron chi connectivity index (χ2n) is 8.19. The van der Waals surface area contributed by atoms with Gasteiger partial charge in [-0.15, -0.1) is 0 Å². The summed E-state index contributed by atoms with van der Waals surface area (Å²) in [6, 6.07) is 7.20. The van der Waals surface area contributed by atoms with E-state index >= 15 is 0 Å². The topological polar surface area (TPSA) is 87.7 Å². The monoisotopic (exact) mass is 464 g/mol. The van der Waals surface area contributed by atoms with Gasteiger partial charge in [-0.05, 0) is 37.6 Å². The lowest BCUT2D eigenvalue weighted by atomic mass is 10.1. The third-order valence-electron chi connectivity index (χ3n) is 5.20. The summed E-state index contributed by atoms with van der Waals surface area (Å²) < 4.78 is 9.01. The second kappa shape index (κ2) is 9.15. The van der Waals surface area contributed by atoms with Crippen LogP contribution in [0.15, 0.2) is 47.7 Å². The zero-order chi connectivity index (χ0) is 23.7. The Labute approximate surface area is 196 Å². The minimum absolute atomic E-state index is 0.00945. The summed E-state index contributed by atoms with van der Waals surface area (Å²) in [4.78, 5) is 26.8. The van der Waals surface area contributed by atoms with E-state index in [1.807, 2.05) is 53.1 Å². The third kappa shape index (κ3) is 4.66. The summed E-state index contributed by atoms with van der Waals surface area (Å²) in [7, 11) is 1.83. The summed E-state index contributed by atoms with van der Waals surface area (Å²) in [6.07, 6.45) is 5.29. The number of halogens is 1. The molecule has 0 spiro atoms. The van der Waals surface area contributed by atoms with Crippen molar-refractivity contribution in [1.29, 1.82) is 0 Å². The maximum Gasteiger partial charge on any atom is 0.277 e. The molecule has 4 heterocycles. The molecular formula is C24H25ClN6O2. The smallest absolute Gasteiger partial charge is 0.277 e. The van der Waals surface area contributed by atoms with E-state index in [2.05, 4.69) is 15.1 Å². The Morgan fingerprint density at radius 3 is 2.64 bits per heavy atom. The molecule has 0 saturated heterocycles. The molecule has 0 aromatic carbocycles. The van der Waals surface area contributed by atoms with Crippen LogP contribution in [0.4, 0.5) is 0 Å². The van der Waals surface area contributed by atoms with Gasteiger partial charge < -0.3 is 4.74 Å². The Bertz CT molecular complexity index is 1380. The van der Waals surface area contributed by atoms with Gasteiger partial charge in [-0.1, -0.05) is 25.4 Å². The zero-order valence-electron chi connectivity index (χ0n) is 19.2. The van der Waals surface area contributed by atoms with Crippen molar-refractivity contribution in [2.75, 3.05) is 0 Å². The van der Waals surface area contributed by atoms with E-state index in [9.17, 15) is 4.79 Å². The highest BCUT2D eigenvalue weighted by molar-refractivity contribution is 6.31. The molecular weight excluding hydrogens is 440 g/mol. The van der Waals surface area contributed by atoms with Gasteiger partial charge in [-0.3, -0.25) is 19.0 Å². The van der Waals surface area contributed by atoms with Crippen LogP contribution >= 0.6 is 11.6 Å². The highest BCUT2D eigenvalue weighted by atomic mass is 35.5. The number of ether oxygens (including phenoxy) is 1. The molecule has 0 aliphatic rings. The van der Waals surface area contributed by atoms with E-state index in [1.165, 1.54) is 0 Å². The van der Waals surface area contributed by atoms with Crippen LogP contribution in [0.25, 0.3) is 17.1 Å². The van der Waals surface area contributed by atoms with Gasteiger partial charge in [0.25, 0.3) is 5.56 Å². The number of hydrogen-bond acceptors (Lipinski definition) is 6. The Balaban J connectivity index is 1.71. The Morgan fingerprint density at radius 1 is 1.15 bits per heavy atom. The van der Waals surface area contributed by atoms with Gasteiger partial charge in [0.2, 0.25) is 0 Å². The van der Waals surface area contributed by atoms with E-state index in [-0.39, 0.29) is 23.1 Å². The molecule has 0 fully saturated rings. The van der Waals surface area contributed by atoms with Crippen molar-refractivity contribution in [3.8, 4) is 22.8 Å². The number of hydrogen-bond donors (Lipinski definition) is 0. The first-order chi connectivity index (χ1) is 15.7. The summed E-state index contributed by atoms with van der Waals surface area (Å²) in [6.45, 7) is 8.07. The maximum atomic E-state index is 13.2. The van der Waals surface area contributed by atoms with Crippen LogP contribution in [-0.4, -0.2) is 29.3 Å². The van der Waals surface area contributed by atoms with E-state index in [4.69, 9.17) is 21.3 Å². The number of pyridine rings is 2. The third-order valence-corrected chi connectivity index (χ3v) is 5.54. The van der Waals surface area contributed by atoms with Crippen LogP contribution in [0, 0.1) is 13.8 Å². The first kappa shape index (κ1) is 22.7. The largest absolute Gasteiger partial charge is 0.485 e. The fraction of sp³-hybridized carbons (Fsp3) is 0.292. The molecule has 170 valence electrons. The van der Waals surface area contributed by atoms with E-state index in [1.54, 1.807) is 33.8 Å². The fourth-order valence-corrected chi connectivity index (χ4v) is 3.67. The normalized spacial score (nSPS) is 11.2. The highest BCUT2D eigenvalue weighted by Gasteiger charge is 2.16. The molecule has 0 aliphatic heterocycles. The van der Waals surface area contributed by atoms with Crippen molar-refractivity contribution in [1.82, 2.24) is 29.3 Å². The predicted octanol–water partition coefficient (Wildman–Crippen LogP) is 4.40. The standard InChI is InChI=1S/C24H25ClN6O2/c1-14(2)23-27-12-15(3)22(28-23)19-11-18(6-8-26-19)31-16(4)10-20(21(25)24(31)32)33-13-17-7-9-30(5)29-17/h6-12,14H,13H2,1-5H3. The molecule has 4 aromatic rings. The van der Waals surface area contributed by atoms with Gasteiger partial charge in [0, 0.05) is 43.3 Å². The number of aryl methyl sites for hydroxylation is 3. The Kier molecular flexibility index (Phi) is 6.29. The average Bonchev–Trinajstić information content (AvgIpc) is 3.21. The zero-order valence-corrected chi connectivity index (χ0v) is 20.0. The van der Waals surface area contributed by atoms with Gasteiger partial charge in [0.1, 0.15) is 23.2 Å². The first-order valence-electron chi connectivity index (χ1n) is 10.6. The molecule has 0 atom stereocenters. The number of nitrogens with zero attached hydrogens (tertiary/aromatic N) is 6. The molecule has 4 aromatic heterocycles. The van der Waals surface area contributed by atoms with E-state index in [0.29, 0.717) is 22.8 Å². The molecule has 0 bridgehead atoms. The van der Waals surface area contributed by atoms with Crippen LogP contribution in [0.1, 0.15) is 42.5 Å². The van der Waals surface area contributed by atoms with Crippen molar-refractivity contribution < 1.29 is 4.74 Å². The minimum atomic E-state index is -0.368. The SMILES string of the molecule is Cc1cnc(C(C)C)nc1-c1cc(-n2c(C)cc(OCc3ccn(C)n3)c(Cl)c2=O)ccn1. The van der Waals surface area contributed by atoms with Crippen molar-refractivity contribution >= 4 is 11.6 Å². The van der Waals surface area contributed by atoms with Crippen LogP contribution in [-0.2, 0) is 13.7 Å². The van der Waals surface area contributed by atoms with E-state index in [0.717, 1.165) is 22.8 Å². The molecule has 0 unspecified atom stereocenters. The van der Waals surface area contributed by atoms with Crippen LogP contribution in [0.3, 0.4) is 0 Å². The van der Waals surface area contributed by atoms with Crippen molar-refractivity contribution in [3.05, 3.63) is 81.0 Å². The van der Waals surface area contributed by atoms with Crippen LogP contribution < -0.4 is 10.3 Å². The second-order valence-corrected chi connectivity index (χ2v) is 8.57. The van der Waals surface area contributed by atoms with Gasteiger partial charge in [0.05, 0.1) is 22.8 Å². The summed E-state index contributed by atoms with van der Waals surface area (Å²) in [5.74, 6) is 1.26. The van der Waals surface area contributed by atoms with E-state index < -0.39 is 0 Å². The summed E-state index contributed by atoms with van der Waals surface area (Å²) in [5, 5.41) is 4.29. The predicted molar refractivity (Wildman–Crippen MR) is 127 cm³/mol. The highest BCUT2D eigenvalue weighted by Crippen LogP contribution is 2.26. The summed E-state index contributed by atoms with van der Waals surface area (Å²) >= 11 is 6.41. The molecule has 4 rings (SSSR count). The van der Waals surface area contributed by atoms with Crippen molar-refractivity contribution in [2.24, 2.45) is 7.05 Å². The molecule has 33 heavy (non-hydrogen) atoms. The minimum Gasteiger partial charge on any atom is -0.485 e. The molecule has 8 nitrogen and oxygen atoms in total. The van der Waals surface area contributed by atoms with Gasteiger partial charge in [-0.2, -0.15) is 5.10 Å². The van der Waals surface area contributed by atoms with Gasteiger partial charge >= 0.3 is 0 Å².